The first-order chi connectivity index (χ1) is 7.00. The Balaban J connectivity index is 0.00000225. The summed E-state index contributed by atoms with van der Waals surface area (Å²) in [5.74, 6) is 0. The first-order valence-electron chi connectivity index (χ1n) is 3.64. The molecule has 16 heavy (non-hydrogen) atoms. The molecule has 0 aliphatic rings. The fourth-order valence-corrected chi connectivity index (χ4v) is 2.77. The van der Waals surface area contributed by atoms with Gasteiger partial charge in [-0.15, -0.1) is 9.46 Å². The van der Waals surface area contributed by atoms with E-state index >= 15 is 0 Å². The zero-order chi connectivity index (χ0) is 11.5. The fraction of sp³-hybridized carbons (Fsp3) is 0.143. The van der Waals surface area contributed by atoms with Crippen molar-refractivity contribution in [2.45, 2.75) is 6.16 Å². The molecular formula is C7H6BrClF2NaO3P. The van der Waals surface area contributed by atoms with Gasteiger partial charge in [-0.3, -0.25) is 4.57 Å². The predicted octanol–water partition coefficient (Wildman–Crippen LogP) is 3.95. The van der Waals surface area contributed by atoms with Gasteiger partial charge in [0.05, 0.1) is 6.16 Å². The zero-order valence-corrected chi connectivity index (χ0v) is 10.4. The summed E-state index contributed by atoms with van der Waals surface area (Å²) < 4.78 is 41.1. The summed E-state index contributed by atoms with van der Waals surface area (Å²) in [7, 11) is -4.35. The number of hydrogen-bond donors (Lipinski definition) is 0. The Morgan fingerprint density at radius 3 is 2.38 bits per heavy atom. The Bertz CT molecular complexity index is 401. The Morgan fingerprint density at radius 1 is 1.38 bits per heavy atom. The summed E-state index contributed by atoms with van der Waals surface area (Å²) in [6.45, 7) is 0. The maximum atomic E-state index is 11.8. The first-order valence-corrected chi connectivity index (χ1v) is 6.54. The van der Waals surface area contributed by atoms with E-state index in [4.69, 9.17) is 11.6 Å². The van der Waals surface area contributed by atoms with Gasteiger partial charge in [-0.25, -0.2) is 0 Å². The van der Waals surface area contributed by atoms with Crippen LogP contribution < -0.4 is 0 Å². The standard InChI is InChI=1S/C7H5BrClF2O3P.Na.H/c8-7-3-6(9)2-1-5(7)4-15(12,13-10)14-11;;/h1-3H,4H2;;. The van der Waals surface area contributed by atoms with Crippen LogP contribution in [0, 0.1) is 0 Å². The molecule has 1 rings (SSSR count). The molecule has 0 fully saturated rings. The minimum absolute atomic E-state index is 0. The molecule has 0 amide bonds. The topological polar surface area (TPSA) is 35.5 Å². The van der Waals surface area contributed by atoms with Crippen LogP contribution in [0.4, 0.5) is 9.05 Å². The second-order valence-electron chi connectivity index (χ2n) is 2.64. The molecule has 9 heteroatoms. The molecule has 0 unspecified atom stereocenters. The van der Waals surface area contributed by atoms with Crippen molar-refractivity contribution in [3.8, 4) is 0 Å². The third kappa shape index (κ3) is 4.70. The third-order valence-electron chi connectivity index (χ3n) is 1.59. The second-order valence-corrected chi connectivity index (χ2v) is 5.75. The van der Waals surface area contributed by atoms with Gasteiger partial charge >= 0.3 is 37.2 Å². The SMILES string of the molecule is O=P(Cc1ccc(Cl)cc1Br)(OF)OF.[NaH]. The molecule has 3 nitrogen and oxygen atoms in total. The van der Waals surface area contributed by atoms with Crippen LogP contribution in [0.3, 0.4) is 0 Å². The molecule has 0 bridgehead atoms. The summed E-state index contributed by atoms with van der Waals surface area (Å²) in [6.07, 6.45) is -0.530. The Kier molecular flexibility index (Phi) is 7.90. The molecule has 0 N–H and O–H groups in total. The van der Waals surface area contributed by atoms with Crippen LogP contribution in [0.1, 0.15) is 5.56 Å². The van der Waals surface area contributed by atoms with Gasteiger partial charge in [-0.1, -0.05) is 33.6 Å². The van der Waals surface area contributed by atoms with E-state index in [-0.39, 0.29) is 29.6 Å². The van der Waals surface area contributed by atoms with E-state index < -0.39 is 13.8 Å². The van der Waals surface area contributed by atoms with E-state index in [2.05, 4.69) is 25.4 Å². The summed E-state index contributed by atoms with van der Waals surface area (Å²) in [6, 6.07) is 4.44. The van der Waals surface area contributed by atoms with Crippen LogP contribution in [-0.4, -0.2) is 29.6 Å². The molecule has 1 aromatic rings. The molecule has 86 valence electrons. The van der Waals surface area contributed by atoms with Gasteiger partial charge < -0.3 is 0 Å². The number of benzene rings is 1. The maximum absolute atomic E-state index is 11.8. The average molecular weight is 345 g/mol. The monoisotopic (exact) mass is 344 g/mol. The average Bonchev–Trinajstić information content (AvgIpc) is 2.22. The molecule has 0 aromatic heterocycles. The van der Waals surface area contributed by atoms with Gasteiger partial charge in [0.1, 0.15) is 0 Å². The Hall–Kier alpha value is 1.000. The summed E-state index contributed by atoms with van der Waals surface area (Å²) in [4.78, 5) is 0. The van der Waals surface area contributed by atoms with Gasteiger partial charge in [-0.2, -0.15) is 0 Å². The molecular weight excluding hydrogens is 339 g/mol. The van der Waals surface area contributed by atoms with Crippen LogP contribution in [0.5, 0.6) is 0 Å². The van der Waals surface area contributed by atoms with Crippen molar-refractivity contribution in [2.75, 3.05) is 0 Å². The quantitative estimate of drug-likeness (QED) is 0.612. The van der Waals surface area contributed by atoms with E-state index in [1.165, 1.54) is 18.2 Å². The molecule has 0 saturated heterocycles. The van der Waals surface area contributed by atoms with Crippen molar-refractivity contribution >= 4 is 64.7 Å². The molecule has 0 radical (unpaired) electrons. The van der Waals surface area contributed by atoms with Gasteiger partial charge in [0.15, 0.2) is 0 Å². The molecule has 0 saturated carbocycles. The van der Waals surface area contributed by atoms with Crippen LogP contribution in [0.15, 0.2) is 22.7 Å². The van der Waals surface area contributed by atoms with E-state index in [9.17, 15) is 13.6 Å². The normalized spacial score (nSPS) is 11.0. The number of rotatable bonds is 4. The molecule has 1 aromatic carbocycles. The Morgan fingerprint density at radius 2 is 1.94 bits per heavy atom. The van der Waals surface area contributed by atoms with Gasteiger partial charge in [0.2, 0.25) is 0 Å². The summed E-state index contributed by atoms with van der Waals surface area (Å²) in [5.41, 5.74) is 0.359. The van der Waals surface area contributed by atoms with Crippen molar-refractivity contribution in [3.63, 3.8) is 0 Å². The van der Waals surface area contributed by atoms with Crippen molar-refractivity contribution in [3.05, 3.63) is 33.3 Å². The van der Waals surface area contributed by atoms with Crippen molar-refractivity contribution < 1.29 is 23.1 Å². The van der Waals surface area contributed by atoms with Gasteiger partial charge in [-0.05, 0) is 26.7 Å². The Labute approximate surface area is 126 Å². The first kappa shape index (κ1) is 17.0. The van der Waals surface area contributed by atoms with Crippen molar-refractivity contribution in [1.82, 2.24) is 0 Å². The summed E-state index contributed by atoms with van der Waals surface area (Å²) in [5, 5.41) is 0.433. The molecule has 0 aliphatic heterocycles. The predicted molar refractivity (Wildman–Crippen MR) is 62.0 cm³/mol. The van der Waals surface area contributed by atoms with E-state index in [0.717, 1.165) is 0 Å². The van der Waals surface area contributed by atoms with Crippen LogP contribution in [-0.2, 0) is 20.2 Å². The molecule has 0 heterocycles. The molecule has 0 aliphatic carbocycles. The number of halogens is 4. The van der Waals surface area contributed by atoms with E-state index in [1.54, 1.807) is 0 Å². The van der Waals surface area contributed by atoms with Crippen LogP contribution in [0.2, 0.25) is 5.02 Å². The van der Waals surface area contributed by atoms with E-state index in [0.29, 0.717) is 15.1 Å². The van der Waals surface area contributed by atoms with E-state index in [1.807, 2.05) is 0 Å². The fourth-order valence-electron chi connectivity index (χ4n) is 0.918. The third-order valence-corrected chi connectivity index (χ3v) is 3.71. The van der Waals surface area contributed by atoms with Crippen LogP contribution >= 0.6 is 35.1 Å². The second kappa shape index (κ2) is 7.44. The summed E-state index contributed by atoms with van der Waals surface area (Å²) >= 11 is 8.74. The molecule has 0 atom stereocenters. The molecule has 0 spiro atoms. The number of hydrogen-bond acceptors (Lipinski definition) is 3. The zero-order valence-electron chi connectivity index (χ0n) is 7.12. The van der Waals surface area contributed by atoms with Crippen molar-refractivity contribution in [1.29, 1.82) is 0 Å². The van der Waals surface area contributed by atoms with Gasteiger partial charge in [0.25, 0.3) is 0 Å². The minimum atomic E-state index is -4.35. The van der Waals surface area contributed by atoms with Crippen LogP contribution in [0.25, 0.3) is 0 Å². The van der Waals surface area contributed by atoms with Crippen molar-refractivity contribution in [2.24, 2.45) is 0 Å². The van der Waals surface area contributed by atoms with Gasteiger partial charge in [0, 0.05) is 9.50 Å².